The van der Waals surface area contributed by atoms with Gasteiger partial charge in [-0.1, -0.05) is 6.07 Å². The number of ether oxygens (including phenoxy) is 1. The molecule has 0 saturated carbocycles. The van der Waals surface area contributed by atoms with E-state index in [-0.39, 0.29) is 16.5 Å². The monoisotopic (exact) mass is 376 g/mol. The van der Waals surface area contributed by atoms with E-state index in [0.29, 0.717) is 5.56 Å². The van der Waals surface area contributed by atoms with Crippen LogP contribution in [0.2, 0.25) is 0 Å². The molecule has 0 saturated heterocycles. The molecule has 0 amide bonds. The number of aryl methyl sites for hydroxylation is 1. The molecule has 1 aliphatic heterocycles. The summed E-state index contributed by atoms with van der Waals surface area (Å²) >= 11 is 1.51. The Kier molecular flexibility index (Phi) is 4.59. The number of benzene rings is 1. The maximum Gasteiger partial charge on any atom is 0.363 e. The Morgan fingerprint density at radius 2 is 2.00 bits per heavy atom. The lowest BCUT2D eigenvalue weighted by Crippen LogP contribution is -2.22. The molecule has 0 bridgehead atoms. The van der Waals surface area contributed by atoms with E-state index in [0.717, 1.165) is 14.7 Å². The second-order valence-electron chi connectivity index (χ2n) is 5.62. The van der Waals surface area contributed by atoms with E-state index in [2.05, 4.69) is 4.99 Å². The Hall–Kier alpha value is -2.29. The van der Waals surface area contributed by atoms with Gasteiger partial charge in [0, 0.05) is 24.5 Å². The molecule has 25 heavy (non-hydrogen) atoms. The summed E-state index contributed by atoms with van der Waals surface area (Å²) in [6.07, 6.45) is 1.68. The van der Waals surface area contributed by atoms with Crippen molar-refractivity contribution in [1.29, 1.82) is 0 Å². The van der Waals surface area contributed by atoms with Crippen LogP contribution in [0.15, 0.2) is 51.3 Å². The van der Waals surface area contributed by atoms with Crippen LogP contribution in [-0.2, 0) is 19.6 Å². The molecule has 8 heteroatoms. The first-order valence-electron chi connectivity index (χ1n) is 7.38. The van der Waals surface area contributed by atoms with E-state index in [9.17, 15) is 13.2 Å². The van der Waals surface area contributed by atoms with Gasteiger partial charge >= 0.3 is 5.97 Å². The van der Waals surface area contributed by atoms with Crippen molar-refractivity contribution in [2.24, 2.45) is 4.99 Å². The minimum absolute atomic E-state index is 0.0984. The Labute approximate surface area is 150 Å². The zero-order valence-electron chi connectivity index (χ0n) is 13.9. The molecule has 3 rings (SSSR count). The molecule has 0 N–H and O–H groups in total. The summed E-state index contributed by atoms with van der Waals surface area (Å²) in [5.74, 6) is -0.454. The van der Waals surface area contributed by atoms with Gasteiger partial charge in [-0.3, -0.25) is 0 Å². The van der Waals surface area contributed by atoms with Crippen LogP contribution in [-0.4, -0.2) is 38.7 Å². The standard InChI is InChI=1S/C17H16N2O4S2/c1-11-7-8-24-15(11)10-14-17(20)23-16(18-14)12-5-4-6-13(9-12)25(21,22)19(2)3/h4-10H,1-3H3/b14-10-. The molecular weight excluding hydrogens is 360 g/mol. The van der Waals surface area contributed by atoms with E-state index >= 15 is 0 Å². The first-order chi connectivity index (χ1) is 11.8. The Bertz CT molecular complexity index is 1000. The van der Waals surface area contributed by atoms with E-state index < -0.39 is 16.0 Å². The molecule has 130 valence electrons. The van der Waals surface area contributed by atoms with Gasteiger partial charge in [-0.15, -0.1) is 11.3 Å². The van der Waals surface area contributed by atoms with Crippen LogP contribution in [0.5, 0.6) is 0 Å². The minimum Gasteiger partial charge on any atom is -0.402 e. The highest BCUT2D eigenvalue weighted by molar-refractivity contribution is 7.89. The van der Waals surface area contributed by atoms with Crippen LogP contribution >= 0.6 is 11.3 Å². The number of nitrogens with zero attached hydrogens (tertiary/aromatic N) is 2. The quantitative estimate of drug-likeness (QED) is 0.607. The normalized spacial score (nSPS) is 16.4. The molecule has 2 aromatic rings. The van der Waals surface area contributed by atoms with Gasteiger partial charge in [0.1, 0.15) is 0 Å². The summed E-state index contributed by atoms with van der Waals surface area (Å²) in [7, 11) is -0.662. The Morgan fingerprint density at radius 1 is 1.24 bits per heavy atom. The third-order valence-corrected chi connectivity index (χ3v) is 6.43. The van der Waals surface area contributed by atoms with Crippen LogP contribution in [0, 0.1) is 6.92 Å². The first kappa shape index (κ1) is 17.5. The molecule has 0 radical (unpaired) electrons. The fraction of sp³-hybridized carbons (Fsp3) is 0.176. The van der Waals surface area contributed by atoms with Gasteiger partial charge in [-0.05, 0) is 48.2 Å². The van der Waals surface area contributed by atoms with Crippen LogP contribution < -0.4 is 0 Å². The summed E-state index contributed by atoms with van der Waals surface area (Å²) in [5.41, 5.74) is 1.68. The molecule has 1 aliphatic rings. The van der Waals surface area contributed by atoms with Gasteiger partial charge in [0.15, 0.2) is 5.70 Å². The number of rotatable bonds is 4. The van der Waals surface area contributed by atoms with Crippen LogP contribution in [0.1, 0.15) is 16.0 Å². The molecule has 6 nitrogen and oxygen atoms in total. The van der Waals surface area contributed by atoms with Crippen molar-refractivity contribution >= 4 is 39.3 Å². The largest absolute Gasteiger partial charge is 0.402 e. The van der Waals surface area contributed by atoms with Gasteiger partial charge in [-0.2, -0.15) is 0 Å². The highest BCUT2D eigenvalue weighted by atomic mass is 32.2. The van der Waals surface area contributed by atoms with E-state index in [1.807, 2.05) is 18.4 Å². The average Bonchev–Trinajstić information content (AvgIpc) is 3.14. The maximum absolute atomic E-state index is 12.2. The van der Waals surface area contributed by atoms with Crippen molar-refractivity contribution in [1.82, 2.24) is 4.31 Å². The zero-order chi connectivity index (χ0) is 18.2. The van der Waals surface area contributed by atoms with Crippen molar-refractivity contribution < 1.29 is 17.9 Å². The summed E-state index contributed by atoms with van der Waals surface area (Å²) in [5, 5.41) is 1.93. The Balaban J connectivity index is 1.98. The van der Waals surface area contributed by atoms with Crippen molar-refractivity contribution in [3.63, 3.8) is 0 Å². The maximum atomic E-state index is 12.2. The number of hydrogen-bond acceptors (Lipinski definition) is 6. The van der Waals surface area contributed by atoms with Crippen molar-refractivity contribution in [3.8, 4) is 0 Å². The molecule has 0 spiro atoms. The number of esters is 1. The van der Waals surface area contributed by atoms with E-state index in [4.69, 9.17) is 4.74 Å². The predicted molar refractivity (Wildman–Crippen MR) is 97.0 cm³/mol. The number of thiophene rings is 1. The fourth-order valence-electron chi connectivity index (χ4n) is 2.19. The number of hydrogen-bond donors (Lipinski definition) is 0. The summed E-state index contributed by atoms with van der Waals surface area (Å²) in [6, 6.07) is 8.13. The molecule has 1 aromatic carbocycles. The molecule has 0 fully saturated rings. The molecule has 2 heterocycles. The van der Waals surface area contributed by atoms with Crippen molar-refractivity contribution in [3.05, 3.63) is 57.4 Å². The summed E-state index contributed by atoms with van der Waals surface area (Å²) in [4.78, 5) is 17.3. The van der Waals surface area contributed by atoms with Gasteiger partial charge in [-0.25, -0.2) is 22.5 Å². The van der Waals surface area contributed by atoms with Crippen LogP contribution in [0.4, 0.5) is 0 Å². The zero-order valence-corrected chi connectivity index (χ0v) is 15.5. The average molecular weight is 376 g/mol. The van der Waals surface area contributed by atoms with Crippen molar-refractivity contribution in [2.45, 2.75) is 11.8 Å². The molecule has 0 atom stereocenters. The predicted octanol–water partition coefficient (Wildman–Crippen LogP) is 2.65. The minimum atomic E-state index is -3.58. The smallest absolute Gasteiger partial charge is 0.363 e. The van der Waals surface area contributed by atoms with Crippen LogP contribution in [0.25, 0.3) is 6.08 Å². The second-order valence-corrected chi connectivity index (χ2v) is 8.72. The third kappa shape index (κ3) is 3.41. The highest BCUT2D eigenvalue weighted by Crippen LogP contribution is 2.24. The molecule has 0 unspecified atom stereocenters. The number of cyclic esters (lactones) is 1. The second kappa shape index (κ2) is 6.55. The lowest BCUT2D eigenvalue weighted by Gasteiger charge is -2.11. The fourth-order valence-corrected chi connectivity index (χ4v) is 3.99. The number of carbonyl (C=O) groups excluding carboxylic acids is 1. The van der Waals surface area contributed by atoms with Gasteiger partial charge in [0.25, 0.3) is 0 Å². The lowest BCUT2D eigenvalue weighted by atomic mass is 10.2. The Morgan fingerprint density at radius 3 is 2.64 bits per heavy atom. The van der Waals surface area contributed by atoms with E-state index in [1.165, 1.54) is 37.6 Å². The highest BCUT2D eigenvalue weighted by Gasteiger charge is 2.26. The number of sulfonamides is 1. The molecule has 1 aromatic heterocycles. The topological polar surface area (TPSA) is 76.0 Å². The molecule has 0 aliphatic carbocycles. The van der Waals surface area contributed by atoms with Gasteiger partial charge in [0.2, 0.25) is 15.9 Å². The summed E-state index contributed by atoms with van der Waals surface area (Å²) in [6.45, 7) is 1.95. The van der Waals surface area contributed by atoms with Crippen molar-refractivity contribution in [2.75, 3.05) is 14.1 Å². The number of aliphatic imine (C=N–C) groups is 1. The van der Waals surface area contributed by atoms with Gasteiger partial charge < -0.3 is 4.74 Å². The summed E-state index contributed by atoms with van der Waals surface area (Å²) < 4.78 is 30.8. The van der Waals surface area contributed by atoms with E-state index in [1.54, 1.807) is 18.2 Å². The first-order valence-corrected chi connectivity index (χ1v) is 9.70. The third-order valence-electron chi connectivity index (χ3n) is 3.65. The SMILES string of the molecule is Cc1ccsc1/C=C1\N=C(c2cccc(S(=O)(=O)N(C)C)c2)OC1=O. The van der Waals surface area contributed by atoms with Gasteiger partial charge in [0.05, 0.1) is 4.90 Å². The molecular formula is C17H16N2O4S2. The lowest BCUT2D eigenvalue weighted by molar-refractivity contribution is -0.129. The van der Waals surface area contributed by atoms with Crippen LogP contribution in [0.3, 0.4) is 0 Å². The number of carbonyl (C=O) groups is 1.